The van der Waals surface area contributed by atoms with Gasteiger partial charge in [0.2, 0.25) is 6.41 Å². The lowest BCUT2D eigenvalue weighted by atomic mass is 9.53. The summed E-state index contributed by atoms with van der Waals surface area (Å²) in [6, 6.07) is 4.17. The molecule has 5 atom stereocenters. The molecule has 1 aromatic carbocycles. The molecule has 2 aliphatic carbocycles. The first-order valence-corrected chi connectivity index (χ1v) is 8.15. The lowest BCUT2D eigenvalue weighted by Crippen LogP contribution is -2.65. The van der Waals surface area contributed by atoms with Gasteiger partial charge in [-0.15, -0.1) is 0 Å². The summed E-state index contributed by atoms with van der Waals surface area (Å²) in [7, 11) is 1.65. The maximum atomic E-state index is 11.5. The lowest BCUT2D eigenvalue weighted by molar-refractivity contribution is -0.127. The number of aliphatic hydroxyl groups is 1. The van der Waals surface area contributed by atoms with Gasteiger partial charge in [-0.1, -0.05) is 18.2 Å². The average Bonchev–Trinajstić information content (AvgIpc) is 2.91. The number of aliphatic hydroxyl groups excluding tert-OH is 1. The zero-order valence-electron chi connectivity index (χ0n) is 12.9. The zero-order valence-corrected chi connectivity index (χ0v) is 12.9. The van der Waals surface area contributed by atoms with Crippen molar-refractivity contribution in [3.05, 3.63) is 35.4 Å². The predicted molar refractivity (Wildman–Crippen MR) is 82.6 cm³/mol. The second kappa shape index (κ2) is 4.29. The first-order valence-electron chi connectivity index (χ1n) is 8.15. The highest BCUT2D eigenvalue weighted by Crippen LogP contribution is 2.62. The number of nitrogens with zero attached hydrogens (tertiary/aromatic N) is 1. The Labute approximate surface area is 134 Å². The fourth-order valence-corrected chi connectivity index (χ4v) is 5.37. The third-order valence-electron chi connectivity index (χ3n) is 6.26. The molecule has 0 aromatic heterocycles. The lowest BCUT2D eigenvalue weighted by Gasteiger charge is -2.56. The summed E-state index contributed by atoms with van der Waals surface area (Å²) in [6.07, 6.45) is 5.62. The largest absolute Gasteiger partial charge is 0.493 e. The van der Waals surface area contributed by atoms with Crippen LogP contribution in [0.1, 0.15) is 17.5 Å². The smallest absolute Gasteiger partial charge is 0.209 e. The first kappa shape index (κ1) is 13.4. The molecule has 0 radical (unpaired) electrons. The van der Waals surface area contributed by atoms with Gasteiger partial charge < -0.3 is 19.5 Å². The summed E-state index contributed by atoms with van der Waals surface area (Å²) in [5.74, 6) is 1.71. The molecule has 2 heterocycles. The van der Waals surface area contributed by atoms with Gasteiger partial charge in [0.1, 0.15) is 12.2 Å². The van der Waals surface area contributed by atoms with Gasteiger partial charge >= 0.3 is 0 Å². The van der Waals surface area contributed by atoms with Gasteiger partial charge in [-0.05, 0) is 24.5 Å². The van der Waals surface area contributed by atoms with Crippen molar-refractivity contribution in [2.45, 2.75) is 36.5 Å². The Balaban J connectivity index is 1.80. The summed E-state index contributed by atoms with van der Waals surface area (Å²) >= 11 is 0. The van der Waals surface area contributed by atoms with E-state index in [-0.39, 0.29) is 23.5 Å². The molecule has 5 rings (SSSR count). The first-order chi connectivity index (χ1) is 11.2. The van der Waals surface area contributed by atoms with E-state index in [1.165, 1.54) is 11.1 Å². The molecule has 5 heteroatoms. The molecule has 1 saturated heterocycles. The van der Waals surface area contributed by atoms with E-state index in [1.54, 1.807) is 7.11 Å². The highest BCUT2D eigenvalue weighted by molar-refractivity contribution is 5.63. The molecular weight excluding hydrogens is 294 g/mol. The number of ether oxygens (including phenoxy) is 2. The number of hydrogen-bond donors (Lipinski definition) is 1. The van der Waals surface area contributed by atoms with Crippen LogP contribution in [0.3, 0.4) is 0 Å². The van der Waals surface area contributed by atoms with Crippen LogP contribution in [0.2, 0.25) is 0 Å². The minimum Gasteiger partial charge on any atom is -0.493 e. The fourth-order valence-electron chi connectivity index (χ4n) is 5.37. The van der Waals surface area contributed by atoms with Crippen LogP contribution >= 0.6 is 0 Å². The Morgan fingerprint density at radius 2 is 2.30 bits per heavy atom. The van der Waals surface area contributed by atoms with Crippen LogP contribution in [0.4, 0.5) is 0 Å². The third kappa shape index (κ3) is 1.40. The number of rotatable bonds is 2. The molecule has 1 N–H and O–H groups in total. The zero-order chi connectivity index (χ0) is 15.8. The number of amides is 1. The molecule has 120 valence electrons. The minimum atomic E-state index is -0.627. The van der Waals surface area contributed by atoms with Gasteiger partial charge in [0.15, 0.2) is 11.5 Å². The Morgan fingerprint density at radius 3 is 3.09 bits per heavy atom. The van der Waals surface area contributed by atoms with E-state index >= 15 is 0 Å². The van der Waals surface area contributed by atoms with Crippen molar-refractivity contribution in [2.75, 3.05) is 13.7 Å². The number of carbonyl (C=O) groups excluding carboxylic acids is 1. The molecule has 23 heavy (non-hydrogen) atoms. The molecule has 0 unspecified atom stereocenters. The van der Waals surface area contributed by atoms with E-state index in [1.807, 2.05) is 17.0 Å². The maximum Gasteiger partial charge on any atom is 0.209 e. The molecule has 0 saturated carbocycles. The van der Waals surface area contributed by atoms with Crippen LogP contribution in [0.15, 0.2) is 24.3 Å². The maximum absolute atomic E-state index is 11.5. The highest BCUT2D eigenvalue weighted by Gasteiger charge is 2.64. The Bertz CT molecular complexity index is 730. The van der Waals surface area contributed by atoms with Crippen molar-refractivity contribution in [3.8, 4) is 11.5 Å². The Hall–Kier alpha value is -2.01. The van der Waals surface area contributed by atoms with Gasteiger partial charge in [-0.2, -0.15) is 0 Å². The molecule has 1 aromatic rings. The van der Waals surface area contributed by atoms with E-state index in [9.17, 15) is 9.90 Å². The van der Waals surface area contributed by atoms with E-state index in [0.717, 1.165) is 30.8 Å². The summed E-state index contributed by atoms with van der Waals surface area (Å²) in [5.41, 5.74) is 2.19. The van der Waals surface area contributed by atoms with Crippen molar-refractivity contribution >= 4 is 6.41 Å². The number of methoxy groups -OCH3 is 1. The summed E-state index contributed by atoms with van der Waals surface area (Å²) in [6.45, 7) is 0.710. The van der Waals surface area contributed by atoms with Crippen LogP contribution in [-0.2, 0) is 16.6 Å². The van der Waals surface area contributed by atoms with Crippen LogP contribution in [0.25, 0.3) is 0 Å². The molecule has 2 aliphatic heterocycles. The second-order valence-electron chi connectivity index (χ2n) is 6.98. The number of likely N-dealkylation sites (tertiary alicyclic amines) is 1. The molecule has 1 amide bonds. The topological polar surface area (TPSA) is 59.0 Å². The van der Waals surface area contributed by atoms with Crippen LogP contribution in [0.5, 0.6) is 11.5 Å². The number of piperidine rings is 1. The van der Waals surface area contributed by atoms with Crippen LogP contribution in [-0.4, -0.2) is 48.3 Å². The van der Waals surface area contributed by atoms with Crippen molar-refractivity contribution in [3.63, 3.8) is 0 Å². The second-order valence-corrected chi connectivity index (χ2v) is 6.98. The van der Waals surface area contributed by atoms with Gasteiger partial charge in [0, 0.05) is 29.5 Å². The van der Waals surface area contributed by atoms with E-state index in [2.05, 4.69) is 12.1 Å². The molecule has 5 nitrogen and oxygen atoms in total. The average molecular weight is 313 g/mol. The monoisotopic (exact) mass is 313 g/mol. The summed E-state index contributed by atoms with van der Waals surface area (Å²) in [4.78, 5) is 13.4. The fraction of sp³-hybridized carbons (Fsp3) is 0.500. The van der Waals surface area contributed by atoms with Crippen molar-refractivity contribution in [2.24, 2.45) is 5.92 Å². The molecule has 1 spiro atoms. The number of hydrogen-bond acceptors (Lipinski definition) is 4. The van der Waals surface area contributed by atoms with Gasteiger partial charge in [0.25, 0.3) is 0 Å². The Morgan fingerprint density at radius 1 is 1.43 bits per heavy atom. The quantitative estimate of drug-likeness (QED) is 0.654. The van der Waals surface area contributed by atoms with E-state index in [0.29, 0.717) is 6.54 Å². The van der Waals surface area contributed by atoms with Crippen molar-refractivity contribution in [1.29, 1.82) is 0 Å². The van der Waals surface area contributed by atoms with E-state index < -0.39 is 6.10 Å². The van der Waals surface area contributed by atoms with Crippen LogP contribution in [0, 0.1) is 5.92 Å². The highest BCUT2D eigenvalue weighted by atomic mass is 16.5. The van der Waals surface area contributed by atoms with Crippen molar-refractivity contribution < 1.29 is 19.4 Å². The van der Waals surface area contributed by atoms with E-state index in [4.69, 9.17) is 9.47 Å². The van der Waals surface area contributed by atoms with Crippen molar-refractivity contribution in [1.82, 2.24) is 4.90 Å². The number of carbonyl (C=O) groups is 1. The van der Waals surface area contributed by atoms with Crippen LogP contribution < -0.4 is 9.47 Å². The number of benzene rings is 1. The van der Waals surface area contributed by atoms with Gasteiger partial charge in [-0.25, -0.2) is 0 Å². The third-order valence-corrected chi connectivity index (χ3v) is 6.26. The molecular formula is C18H19NO4. The van der Waals surface area contributed by atoms with Gasteiger partial charge in [0.05, 0.1) is 7.11 Å². The Kier molecular flexibility index (Phi) is 2.51. The normalized spacial score (nSPS) is 38.8. The van der Waals surface area contributed by atoms with Gasteiger partial charge in [-0.3, -0.25) is 4.79 Å². The predicted octanol–water partition coefficient (Wildman–Crippen LogP) is 1.03. The molecule has 2 bridgehead atoms. The minimum absolute atomic E-state index is 0.142. The summed E-state index contributed by atoms with van der Waals surface area (Å²) in [5, 5.41) is 10.5. The summed E-state index contributed by atoms with van der Waals surface area (Å²) < 4.78 is 11.7. The molecule has 4 aliphatic rings. The standard InChI is InChI=1S/C18H19NO4/c1-22-14-5-2-10-8-12-11-3-4-13(21)17-18(11,6-7-19(12)9-20)15(10)16(14)23-17/h2-5,9,11-13,17,21H,6-8H2,1H3/t11-,12-,13+,17-,18+/m1/s1. The molecule has 1 fully saturated rings. The SMILES string of the molecule is COc1ccc2c3c1O[C@@H]1[C@@H](O)C=C[C@@H]4[C@@H](C2)N(C=O)CC[C@@]341.